The van der Waals surface area contributed by atoms with Gasteiger partial charge in [0.2, 0.25) is 0 Å². The number of anilines is 1. The van der Waals surface area contributed by atoms with Gasteiger partial charge in [0.15, 0.2) is 27.6 Å². The minimum absolute atomic E-state index is 0.322. The summed E-state index contributed by atoms with van der Waals surface area (Å²) in [4.78, 5) is 18.3. The second-order valence-electron chi connectivity index (χ2n) is 6.92. The SMILES string of the molecule is COCCN1CCOc2cc(-c3ccc4c(cnn4C4=CC(=O)NS4=O)c3)cnc21. The van der Waals surface area contributed by atoms with Crippen molar-refractivity contribution < 1.29 is 18.5 Å². The lowest BCUT2D eigenvalue weighted by molar-refractivity contribution is -0.114. The van der Waals surface area contributed by atoms with Crippen LogP contribution in [0.1, 0.15) is 0 Å². The second kappa shape index (κ2) is 7.54. The molecule has 1 N–H and O–H groups in total. The van der Waals surface area contributed by atoms with Gasteiger partial charge in [-0.15, -0.1) is 0 Å². The van der Waals surface area contributed by atoms with Gasteiger partial charge in [-0.1, -0.05) is 6.07 Å². The van der Waals surface area contributed by atoms with Crippen LogP contribution in [0.4, 0.5) is 5.82 Å². The van der Waals surface area contributed by atoms with Gasteiger partial charge in [0.25, 0.3) is 5.91 Å². The van der Waals surface area contributed by atoms with E-state index in [-0.39, 0.29) is 5.91 Å². The number of nitrogens with zero attached hydrogens (tertiary/aromatic N) is 4. The molecule has 2 aromatic heterocycles. The molecule has 30 heavy (non-hydrogen) atoms. The van der Waals surface area contributed by atoms with Gasteiger partial charge in [0, 0.05) is 36.9 Å². The predicted octanol–water partition coefficient (Wildman–Crippen LogP) is 1.54. The highest BCUT2D eigenvalue weighted by Crippen LogP contribution is 2.34. The highest BCUT2D eigenvalue weighted by Gasteiger charge is 2.24. The molecule has 3 aromatic rings. The molecular formula is C20H19N5O4S. The summed E-state index contributed by atoms with van der Waals surface area (Å²) >= 11 is 0. The number of nitrogens with one attached hydrogen (secondary N) is 1. The van der Waals surface area contributed by atoms with Crippen molar-refractivity contribution in [1.29, 1.82) is 0 Å². The van der Waals surface area contributed by atoms with Crippen molar-refractivity contribution in [2.45, 2.75) is 0 Å². The molecule has 2 aliphatic heterocycles. The van der Waals surface area contributed by atoms with E-state index in [1.807, 2.05) is 30.5 Å². The van der Waals surface area contributed by atoms with Crippen molar-refractivity contribution in [3.63, 3.8) is 0 Å². The van der Waals surface area contributed by atoms with Gasteiger partial charge in [-0.25, -0.2) is 13.9 Å². The van der Waals surface area contributed by atoms with Gasteiger partial charge in [-0.3, -0.25) is 9.52 Å². The average Bonchev–Trinajstić information content (AvgIpc) is 3.33. The van der Waals surface area contributed by atoms with Gasteiger partial charge >= 0.3 is 0 Å². The predicted molar refractivity (Wildman–Crippen MR) is 113 cm³/mol. The fraction of sp³-hybridized carbons (Fsp3) is 0.250. The number of fused-ring (bicyclic) bond motifs is 2. The summed E-state index contributed by atoms with van der Waals surface area (Å²) in [5, 5.41) is 5.50. The summed E-state index contributed by atoms with van der Waals surface area (Å²) in [6.07, 6.45) is 4.82. The van der Waals surface area contributed by atoms with Crippen LogP contribution in [0.25, 0.3) is 27.1 Å². The number of carbonyl (C=O) groups excluding carboxylic acids is 1. The molecule has 0 spiro atoms. The van der Waals surface area contributed by atoms with Crippen molar-refractivity contribution in [2.75, 3.05) is 38.3 Å². The number of aromatic nitrogens is 3. The zero-order valence-corrected chi connectivity index (χ0v) is 17.0. The number of methoxy groups -OCH3 is 1. The molecule has 5 rings (SSSR count). The highest BCUT2D eigenvalue weighted by molar-refractivity contribution is 7.93. The quantitative estimate of drug-likeness (QED) is 0.662. The minimum atomic E-state index is -1.60. The Morgan fingerprint density at radius 3 is 2.97 bits per heavy atom. The topological polar surface area (TPSA) is 98.6 Å². The standard InChI is InChI=1S/C20H19N5O4S/c1-28-6-4-24-5-7-29-17-9-14(11-21-20(17)24)13-2-3-16-15(8-13)12-22-25(16)19-10-18(26)23-30(19)27/h2-3,8-12H,4-7H2,1H3,(H,23,26). The van der Waals surface area contributed by atoms with Crippen molar-refractivity contribution in [2.24, 2.45) is 0 Å². The normalized spacial score (nSPS) is 18.2. The third-order valence-corrected chi connectivity index (χ3v) is 6.12. The van der Waals surface area contributed by atoms with Crippen LogP contribution in [0.3, 0.4) is 0 Å². The molecule has 154 valence electrons. The first-order valence-corrected chi connectivity index (χ1v) is 10.6. The molecule has 1 aromatic carbocycles. The molecule has 0 bridgehead atoms. The monoisotopic (exact) mass is 425 g/mol. The van der Waals surface area contributed by atoms with E-state index in [1.54, 1.807) is 13.3 Å². The first-order valence-electron chi connectivity index (χ1n) is 9.43. The Labute approximate surface area is 174 Å². The average molecular weight is 425 g/mol. The van der Waals surface area contributed by atoms with E-state index in [4.69, 9.17) is 9.47 Å². The fourth-order valence-electron chi connectivity index (χ4n) is 3.60. The third-order valence-electron chi connectivity index (χ3n) is 5.06. The molecule has 0 aliphatic carbocycles. The van der Waals surface area contributed by atoms with E-state index in [9.17, 15) is 9.00 Å². The molecule has 0 saturated carbocycles. The maximum atomic E-state index is 12.1. The van der Waals surface area contributed by atoms with Gasteiger partial charge in [0.1, 0.15) is 6.61 Å². The number of hydrogen-bond acceptors (Lipinski definition) is 7. The summed E-state index contributed by atoms with van der Waals surface area (Å²) in [5.74, 6) is 1.19. The third kappa shape index (κ3) is 3.23. The molecule has 10 heteroatoms. The van der Waals surface area contributed by atoms with Gasteiger partial charge < -0.3 is 14.4 Å². The molecule has 1 amide bonds. The summed E-state index contributed by atoms with van der Waals surface area (Å²) in [7, 11) is 0.0826. The molecule has 4 heterocycles. The molecular weight excluding hydrogens is 406 g/mol. The van der Waals surface area contributed by atoms with E-state index in [0.717, 1.165) is 46.7 Å². The van der Waals surface area contributed by atoms with Crippen LogP contribution in [0, 0.1) is 0 Å². The van der Waals surface area contributed by atoms with Gasteiger partial charge in [-0.05, 0) is 23.8 Å². The Morgan fingerprint density at radius 1 is 1.27 bits per heavy atom. The smallest absolute Gasteiger partial charge is 0.258 e. The number of amides is 1. The number of pyridine rings is 1. The maximum Gasteiger partial charge on any atom is 0.258 e. The lowest BCUT2D eigenvalue weighted by atomic mass is 10.1. The Bertz CT molecular complexity index is 1210. The maximum absolute atomic E-state index is 12.1. The summed E-state index contributed by atoms with van der Waals surface area (Å²) in [6.45, 7) is 2.78. The van der Waals surface area contributed by atoms with E-state index in [0.29, 0.717) is 18.2 Å². The Kier molecular flexibility index (Phi) is 4.72. The second-order valence-corrected chi connectivity index (χ2v) is 8.08. The summed E-state index contributed by atoms with van der Waals surface area (Å²) < 4.78 is 26.9. The van der Waals surface area contributed by atoms with Crippen LogP contribution in [0.15, 0.2) is 42.7 Å². The number of benzene rings is 1. The van der Waals surface area contributed by atoms with Gasteiger partial charge in [-0.2, -0.15) is 5.10 Å². The van der Waals surface area contributed by atoms with Crippen molar-refractivity contribution in [3.8, 4) is 16.9 Å². The van der Waals surface area contributed by atoms with E-state index >= 15 is 0 Å². The van der Waals surface area contributed by atoms with Crippen LogP contribution in [0.5, 0.6) is 5.75 Å². The zero-order chi connectivity index (χ0) is 20.7. The number of rotatable bonds is 5. The lowest BCUT2D eigenvalue weighted by Crippen LogP contribution is -2.35. The lowest BCUT2D eigenvalue weighted by Gasteiger charge is -2.30. The van der Waals surface area contributed by atoms with E-state index in [1.165, 1.54) is 10.8 Å². The van der Waals surface area contributed by atoms with Crippen LogP contribution >= 0.6 is 0 Å². The van der Waals surface area contributed by atoms with Crippen LogP contribution in [0.2, 0.25) is 0 Å². The fourth-order valence-corrected chi connectivity index (χ4v) is 4.46. The van der Waals surface area contributed by atoms with Crippen LogP contribution in [-0.2, 0) is 20.5 Å². The molecule has 0 radical (unpaired) electrons. The first kappa shape index (κ1) is 18.8. The van der Waals surface area contributed by atoms with Crippen molar-refractivity contribution in [3.05, 3.63) is 42.7 Å². The van der Waals surface area contributed by atoms with Crippen molar-refractivity contribution >= 4 is 38.6 Å². The largest absolute Gasteiger partial charge is 0.488 e. The first-order chi connectivity index (χ1) is 14.6. The molecule has 0 saturated heterocycles. The molecule has 9 nitrogen and oxygen atoms in total. The highest BCUT2D eigenvalue weighted by atomic mass is 32.2. The van der Waals surface area contributed by atoms with Crippen LogP contribution < -0.4 is 14.4 Å². The Balaban J connectivity index is 1.48. The number of hydrogen-bond donors (Lipinski definition) is 1. The molecule has 1 atom stereocenters. The zero-order valence-electron chi connectivity index (χ0n) is 16.2. The summed E-state index contributed by atoms with van der Waals surface area (Å²) in [6, 6.07) is 7.82. The number of ether oxygens (including phenoxy) is 2. The van der Waals surface area contributed by atoms with E-state index < -0.39 is 11.0 Å². The van der Waals surface area contributed by atoms with E-state index in [2.05, 4.69) is 19.7 Å². The Hall–Kier alpha value is -3.24. The van der Waals surface area contributed by atoms with Gasteiger partial charge in [0.05, 0.1) is 24.9 Å². The molecule has 0 fully saturated rings. The Morgan fingerprint density at radius 2 is 2.17 bits per heavy atom. The van der Waals surface area contributed by atoms with Crippen LogP contribution in [-0.4, -0.2) is 58.3 Å². The number of carbonyl (C=O) groups is 1. The molecule has 2 aliphatic rings. The minimum Gasteiger partial charge on any atom is -0.488 e. The molecule has 1 unspecified atom stereocenters. The summed E-state index contributed by atoms with van der Waals surface area (Å²) in [5.41, 5.74) is 2.66. The van der Waals surface area contributed by atoms with Crippen molar-refractivity contribution in [1.82, 2.24) is 19.5 Å².